The number of nitrogens with one attached hydrogen (secondary N) is 2. The number of hydrogen-bond donors (Lipinski definition) is 2. The number of piperidine rings is 1. The van der Waals surface area contributed by atoms with Crippen LogP contribution in [0.4, 0.5) is 16.2 Å². The molecule has 7 heteroatoms. The first-order valence-electron chi connectivity index (χ1n) is 8.08. The normalized spacial score (nSPS) is 17.6. The van der Waals surface area contributed by atoms with Gasteiger partial charge in [-0.25, -0.2) is 4.79 Å². The second kappa shape index (κ2) is 7.57. The average molecular weight is 349 g/mol. The largest absolute Gasteiger partial charge is 0.385 e. The maximum absolute atomic E-state index is 12.4. The van der Waals surface area contributed by atoms with Crippen LogP contribution in [0.1, 0.15) is 18.5 Å². The quantitative estimate of drug-likeness (QED) is 0.876. The first-order chi connectivity index (χ1) is 11.6. The molecule has 1 aliphatic heterocycles. The molecule has 1 saturated heterocycles. The molecule has 1 unspecified atom stereocenters. The van der Waals surface area contributed by atoms with E-state index in [1.54, 1.807) is 6.92 Å². The van der Waals surface area contributed by atoms with Crippen LogP contribution < -0.4 is 10.6 Å². The molecule has 0 saturated carbocycles. The van der Waals surface area contributed by atoms with Crippen molar-refractivity contribution in [1.82, 2.24) is 10.1 Å². The highest BCUT2D eigenvalue weighted by atomic mass is 35.5. The molecule has 3 rings (SSSR count). The van der Waals surface area contributed by atoms with Gasteiger partial charge in [0.1, 0.15) is 17.6 Å². The highest BCUT2D eigenvalue weighted by molar-refractivity contribution is 6.30. The van der Waals surface area contributed by atoms with Crippen molar-refractivity contribution >= 4 is 29.0 Å². The van der Waals surface area contributed by atoms with E-state index in [0.717, 1.165) is 43.2 Å². The van der Waals surface area contributed by atoms with Crippen molar-refractivity contribution in [2.75, 3.05) is 30.3 Å². The third-order valence-electron chi connectivity index (χ3n) is 4.24. The standard InChI is InChI=1S/C17H21ClN4O2/c1-12-16(11-24-21-12)20-17(23)22-8-2-3-13(10-22)9-19-15-6-4-14(18)5-7-15/h4-7,11,13,19H,2-3,8-10H2,1H3,(H,20,23). The summed E-state index contributed by atoms with van der Waals surface area (Å²) in [5.74, 6) is 0.420. The Morgan fingerprint density at radius 2 is 2.21 bits per heavy atom. The molecule has 1 atom stereocenters. The van der Waals surface area contributed by atoms with Gasteiger partial charge in [-0.05, 0) is 49.9 Å². The molecule has 1 fully saturated rings. The molecule has 2 heterocycles. The van der Waals surface area contributed by atoms with Gasteiger partial charge in [0.25, 0.3) is 0 Å². The molecule has 128 valence electrons. The van der Waals surface area contributed by atoms with Crippen molar-refractivity contribution in [3.63, 3.8) is 0 Å². The monoisotopic (exact) mass is 348 g/mol. The zero-order chi connectivity index (χ0) is 16.9. The topological polar surface area (TPSA) is 70.4 Å². The molecule has 1 aromatic carbocycles. The first kappa shape index (κ1) is 16.6. The molecular weight excluding hydrogens is 328 g/mol. The Morgan fingerprint density at radius 1 is 1.42 bits per heavy atom. The van der Waals surface area contributed by atoms with E-state index in [1.807, 2.05) is 29.2 Å². The summed E-state index contributed by atoms with van der Waals surface area (Å²) >= 11 is 5.89. The van der Waals surface area contributed by atoms with Crippen LogP contribution in [0.2, 0.25) is 5.02 Å². The van der Waals surface area contributed by atoms with Gasteiger partial charge in [0.2, 0.25) is 0 Å². The predicted octanol–water partition coefficient (Wildman–Crippen LogP) is 3.99. The van der Waals surface area contributed by atoms with E-state index in [1.165, 1.54) is 6.26 Å². The SMILES string of the molecule is Cc1nocc1NC(=O)N1CCCC(CNc2ccc(Cl)cc2)C1. The van der Waals surface area contributed by atoms with Gasteiger partial charge in [-0.1, -0.05) is 16.8 Å². The lowest BCUT2D eigenvalue weighted by Gasteiger charge is -2.33. The number of nitrogens with zero attached hydrogens (tertiary/aromatic N) is 2. The van der Waals surface area contributed by atoms with Crippen molar-refractivity contribution in [3.8, 4) is 0 Å². The minimum Gasteiger partial charge on any atom is -0.385 e. The Kier molecular flexibility index (Phi) is 5.25. The van der Waals surface area contributed by atoms with E-state index < -0.39 is 0 Å². The van der Waals surface area contributed by atoms with Crippen LogP contribution in [0.3, 0.4) is 0 Å². The number of likely N-dealkylation sites (tertiary alicyclic amines) is 1. The smallest absolute Gasteiger partial charge is 0.321 e. The molecule has 2 N–H and O–H groups in total. The summed E-state index contributed by atoms with van der Waals surface area (Å²) in [5, 5.41) is 10.8. The second-order valence-electron chi connectivity index (χ2n) is 6.09. The third kappa shape index (κ3) is 4.20. The highest BCUT2D eigenvalue weighted by Crippen LogP contribution is 2.20. The fourth-order valence-electron chi connectivity index (χ4n) is 2.85. The fraction of sp³-hybridized carbons (Fsp3) is 0.412. The van der Waals surface area contributed by atoms with Gasteiger partial charge >= 0.3 is 6.03 Å². The van der Waals surface area contributed by atoms with Gasteiger partial charge in [0.15, 0.2) is 0 Å². The fourth-order valence-corrected chi connectivity index (χ4v) is 2.98. The lowest BCUT2D eigenvalue weighted by molar-refractivity contribution is 0.180. The lowest BCUT2D eigenvalue weighted by atomic mass is 9.98. The zero-order valence-corrected chi connectivity index (χ0v) is 14.3. The maximum Gasteiger partial charge on any atom is 0.321 e. The summed E-state index contributed by atoms with van der Waals surface area (Å²) < 4.78 is 4.85. The lowest BCUT2D eigenvalue weighted by Crippen LogP contribution is -2.43. The van der Waals surface area contributed by atoms with Crippen LogP contribution in [0.15, 0.2) is 35.1 Å². The summed E-state index contributed by atoms with van der Waals surface area (Å²) in [4.78, 5) is 14.2. The van der Waals surface area contributed by atoms with Crippen LogP contribution in [0.25, 0.3) is 0 Å². The number of aromatic nitrogens is 1. The minimum absolute atomic E-state index is 0.0995. The van der Waals surface area contributed by atoms with Crippen LogP contribution in [0.5, 0.6) is 0 Å². The summed E-state index contributed by atoms with van der Waals surface area (Å²) in [7, 11) is 0. The van der Waals surface area contributed by atoms with Gasteiger partial charge in [-0.15, -0.1) is 0 Å². The molecule has 0 bridgehead atoms. The zero-order valence-electron chi connectivity index (χ0n) is 13.6. The third-order valence-corrected chi connectivity index (χ3v) is 4.49. The first-order valence-corrected chi connectivity index (χ1v) is 8.46. The van der Waals surface area contributed by atoms with E-state index in [4.69, 9.17) is 16.1 Å². The molecule has 2 aromatic rings. The second-order valence-corrected chi connectivity index (χ2v) is 6.52. The van der Waals surface area contributed by atoms with Crippen molar-refractivity contribution in [2.24, 2.45) is 5.92 Å². The average Bonchev–Trinajstić information content (AvgIpc) is 2.99. The van der Waals surface area contributed by atoms with Crippen molar-refractivity contribution in [3.05, 3.63) is 41.2 Å². The molecule has 6 nitrogen and oxygen atoms in total. The number of carbonyl (C=O) groups is 1. The number of halogens is 1. The summed E-state index contributed by atoms with van der Waals surface area (Å²) in [6.07, 6.45) is 3.57. The number of anilines is 2. The Morgan fingerprint density at radius 3 is 2.92 bits per heavy atom. The summed E-state index contributed by atoms with van der Waals surface area (Å²) in [6, 6.07) is 7.56. The Balaban J connectivity index is 1.51. The number of urea groups is 1. The van der Waals surface area contributed by atoms with Crippen LogP contribution in [0, 0.1) is 12.8 Å². The number of amides is 2. The molecule has 2 amide bonds. The van der Waals surface area contributed by atoms with Crippen LogP contribution in [-0.2, 0) is 0 Å². The minimum atomic E-state index is -0.0995. The number of aryl methyl sites for hydroxylation is 1. The summed E-state index contributed by atoms with van der Waals surface area (Å²) in [5.41, 5.74) is 2.35. The molecule has 0 aliphatic carbocycles. The molecule has 0 spiro atoms. The maximum atomic E-state index is 12.4. The number of benzene rings is 1. The van der Waals surface area contributed by atoms with E-state index in [0.29, 0.717) is 17.3 Å². The number of rotatable bonds is 4. The Bertz CT molecular complexity index is 686. The van der Waals surface area contributed by atoms with Crippen molar-refractivity contribution in [2.45, 2.75) is 19.8 Å². The van der Waals surface area contributed by atoms with Gasteiger partial charge in [0.05, 0.1) is 0 Å². The van der Waals surface area contributed by atoms with E-state index in [2.05, 4.69) is 15.8 Å². The Labute approximate surface area is 146 Å². The predicted molar refractivity (Wildman–Crippen MR) is 94.5 cm³/mol. The van der Waals surface area contributed by atoms with Gasteiger partial charge in [-0.2, -0.15) is 0 Å². The Hall–Kier alpha value is -2.21. The van der Waals surface area contributed by atoms with E-state index in [-0.39, 0.29) is 6.03 Å². The van der Waals surface area contributed by atoms with Crippen LogP contribution in [-0.4, -0.2) is 35.7 Å². The molecule has 1 aromatic heterocycles. The van der Waals surface area contributed by atoms with Gasteiger partial charge in [0, 0.05) is 30.3 Å². The summed E-state index contributed by atoms with van der Waals surface area (Å²) in [6.45, 7) is 4.14. The number of carbonyl (C=O) groups excluding carboxylic acids is 1. The molecular formula is C17H21ClN4O2. The van der Waals surface area contributed by atoms with Gasteiger partial charge in [-0.3, -0.25) is 0 Å². The molecule has 24 heavy (non-hydrogen) atoms. The van der Waals surface area contributed by atoms with Crippen molar-refractivity contribution in [1.29, 1.82) is 0 Å². The molecule has 1 aliphatic rings. The van der Waals surface area contributed by atoms with Gasteiger partial charge < -0.3 is 20.1 Å². The van der Waals surface area contributed by atoms with Crippen molar-refractivity contribution < 1.29 is 9.32 Å². The highest BCUT2D eigenvalue weighted by Gasteiger charge is 2.24. The molecule has 0 radical (unpaired) electrons. The van der Waals surface area contributed by atoms with E-state index >= 15 is 0 Å². The number of hydrogen-bond acceptors (Lipinski definition) is 4. The van der Waals surface area contributed by atoms with Crippen LogP contribution >= 0.6 is 11.6 Å². The van der Waals surface area contributed by atoms with E-state index in [9.17, 15) is 4.79 Å².